The minimum absolute atomic E-state index is 0.253. The number of hydrogen-bond acceptors (Lipinski definition) is 8. The van der Waals surface area contributed by atoms with Crippen molar-refractivity contribution in [1.82, 2.24) is 20.2 Å². The Bertz CT molecular complexity index is 720. The molecule has 3 aromatic rings. The standard InChI is InChI=1S/C10H9N5OS2/c1-4-3-6-7(17-4)12-9(11)13-8(6)18-10-15-14-5(2)16-10/h3H,1-2H3,(H2,11,12,13). The molecule has 0 saturated carbocycles. The van der Waals surface area contributed by atoms with Crippen molar-refractivity contribution in [2.24, 2.45) is 0 Å². The van der Waals surface area contributed by atoms with Gasteiger partial charge in [-0.1, -0.05) is 0 Å². The number of nitrogen functional groups attached to an aromatic ring is 1. The quantitative estimate of drug-likeness (QED) is 0.720. The number of anilines is 1. The van der Waals surface area contributed by atoms with E-state index in [4.69, 9.17) is 10.2 Å². The largest absolute Gasteiger partial charge is 0.416 e. The molecule has 18 heavy (non-hydrogen) atoms. The Morgan fingerprint density at radius 1 is 1.28 bits per heavy atom. The fourth-order valence-electron chi connectivity index (χ4n) is 1.51. The van der Waals surface area contributed by atoms with Crippen LogP contribution >= 0.6 is 23.1 Å². The summed E-state index contributed by atoms with van der Waals surface area (Å²) >= 11 is 2.89. The summed E-state index contributed by atoms with van der Waals surface area (Å²) in [4.78, 5) is 10.5. The number of thiophene rings is 1. The Kier molecular flexibility index (Phi) is 2.67. The van der Waals surface area contributed by atoms with Crippen LogP contribution in [0.25, 0.3) is 10.2 Å². The van der Waals surface area contributed by atoms with E-state index in [9.17, 15) is 0 Å². The number of nitrogens with two attached hydrogens (primary N) is 1. The lowest BCUT2D eigenvalue weighted by Gasteiger charge is -1.99. The first kappa shape index (κ1) is 11.4. The van der Waals surface area contributed by atoms with Crippen LogP contribution in [0, 0.1) is 13.8 Å². The number of aromatic nitrogens is 4. The van der Waals surface area contributed by atoms with Crippen molar-refractivity contribution in [3.63, 3.8) is 0 Å². The average molecular weight is 279 g/mol. The van der Waals surface area contributed by atoms with Crippen molar-refractivity contribution in [2.45, 2.75) is 24.1 Å². The summed E-state index contributed by atoms with van der Waals surface area (Å²) in [6.07, 6.45) is 0. The van der Waals surface area contributed by atoms with Crippen LogP contribution in [0.1, 0.15) is 10.8 Å². The van der Waals surface area contributed by atoms with Gasteiger partial charge in [-0.05, 0) is 24.8 Å². The zero-order valence-corrected chi connectivity index (χ0v) is 11.3. The minimum atomic E-state index is 0.253. The molecule has 92 valence electrons. The smallest absolute Gasteiger partial charge is 0.282 e. The van der Waals surface area contributed by atoms with Gasteiger partial charge < -0.3 is 10.2 Å². The van der Waals surface area contributed by atoms with E-state index in [1.54, 1.807) is 18.3 Å². The van der Waals surface area contributed by atoms with Crippen LogP contribution in [0.3, 0.4) is 0 Å². The Morgan fingerprint density at radius 2 is 2.11 bits per heavy atom. The molecule has 3 rings (SSSR count). The molecule has 3 aromatic heterocycles. The third-order valence-electron chi connectivity index (χ3n) is 2.19. The van der Waals surface area contributed by atoms with Gasteiger partial charge in [-0.15, -0.1) is 21.5 Å². The van der Waals surface area contributed by atoms with E-state index in [2.05, 4.69) is 20.2 Å². The van der Waals surface area contributed by atoms with Crippen LogP contribution < -0.4 is 5.73 Å². The van der Waals surface area contributed by atoms with Gasteiger partial charge in [0.1, 0.15) is 9.86 Å². The van der Waals surface area contributed by atoms with Crippen LogP contribution in [0.2, 0.25) is 0 Å². The third kappa shape index (κ3) is 2.04. The number of nitrogens with zero attached hydrogens (tertiary/aromatic N) is 4. The zero-order chi connectivity index (χ0) is 12.7. The molecule has 0 atom stereocenters. The summed E-state index contributed by atoms with van der Waals surface area (Å²) in [6, 6.07) is 2.03. The number of fused-ring (bicyclic) bond motifs is 1. The van der Waals surface area contributed by atoms with Crippen LogP contribution in [-0.2, 0) is 0 Å². The second kappa shape index (κ2) is 4.21. The van der Waals surface area contributed by atoms with E-state index in [1.165, 1.54) is 11.8 Å². The maximum atomic E-state index is 5.70. The van der Waals surface area contributed by atoms with Gasteiger partial charge in [0.25, 0.3) is 5.22 Å². The molecule has 0 aliphatic carbocycles. The molecule has 0 aliphatic rings. The lowest BCUT2D eigenvalue weighted by molar-refractivity contribution is 0.429. The summed E-state index contributed by atoms with van der Waals surface area (Å²) in [6.45, 7) is 3.77. The first-order valence-corrected chi connectivity index (χ1v) is 6.77. The molecule has 0 aromatic carbocycles. The van der Waals surface area contributed by atoms with Crippen molar-refractivity contribution in [3.05, 3.63) is 16.8 Å². The molecular weight excluding hydrogens is 270 g/mol. The number of rotatable bonds is 2. The Labute approximate surface area is 111 Å². The highest BCUT2D eigenvalue weighted by atomic mass is 32.2. The van der Waals surface area contributed by atoms with Crippen molar-refractivity contribution >= 4 is 39.3 Å². The lowest BCUT2D eigenvalue weighted by Crippen LogP contribution is -1.95. The zero-order valence-electron chi connectivity index (χ0n) is 9.67. The second-order valence-electron chi connectivity index (χ2n) is 3.65. The predicted molar refractivity (Wildman–Crippen MR) is 69.7 cm³/mol. The highest BCUT2D eigenvalue weighted by Crippen LogP contribution is 2.34. The molecule has 6 nitrogen and oxygen atoms in total. The van der Waals surface area contributed by atoms with Gasteiger partial charge in [0.05, 0.1) is 0 Å². The first-order valence-electron chi connectivity index (χ1n) is 5.13. The van der Waals surface area contributed by atoms with E-state index in [0.717, 1.165) is 20.1 Å². The van der Waals surface area contributed by atoms with E-state index in [0.29, 0.717) is 11.1 Å². The summed E-state index contributed by atoms with van der Waals surface area (Å²) in [5.41, 5.74) is 5.70. The minimum Gasteiger partial charge on any atom is -0.416 e. The molecule has 2 N–H and O–H groups in total. The monoisotopic (exact) mass is 279 g/mol. The van der Waals surface area contributed by atoms with Crippen molar-refractivity contribution < 1.29 is 4.42 Å². The molecular formula is C10H9N5OS2. The van der Waals surface area contributed by atoms with Crippen LogP contribution in [-0.4, -0.2) is 20.2 Å². The molecule has 0 bridgehead atoms. The fourth-order valence-corrected chi connectivity index (χ4v) is 3.28. The molecule has 0 unspecified atom stereocenters. The fraction of sp³-hybridized carbons (Fsp3) is 0.200. The van der Waals surface area contributed by atoms with Crippen LogP contribution in [0.5, 0.6) is 0 Å². The molecule has 0 amide bonds. The molecule has 0 fully saturated rings. The van der Waals surface area contributed by atoms with Gasteiger partial charge in [0.2, 0.25) is 11.8 Å². The summed E-state index contributed by atoms with van der Waals surface area (Å²) in [7, 11) is 0. The summed E-state index contributed by atoms with van der Waals surface area (Å²) in [5, 5.41) is 9.87. The lowest BCUT2D eigenvalue weighted by atomic mass is 10.4. The van der Waals surface area contributed by atoms with Crippen molar-refractivity contribution in [3.8, 4) is 0 Å². The van der Waals surface area contributed by atoms with E-state index in [-0.39, 0.29) is 5.95 Å². The van der Waals surface area contributed by atoms with Crippen LogP contribution in [0.15, 0.2) is 20.7 Å². The van der Waals surface area contributed by atoms with Gasteiger partial charge in [0.15, 0.2) is 0 Å². The van der Waals surface area contributed by atoms with Crippen molar-refractivity contribution in [2.75, 3.05) is 5.73 Å². The topological polar surface area (TPSA) is 90.7 Å². The highest BCUT2D eigenvalue weighted by molar-refractivity contribution is 7.99. The van der Waals surface area contributed by atoms with Gasteiger partial charge in [0, 0.05) is 17.2 Å². The summed E-state index contributed by atoms with van der Waals surface area (Å²) < 4.78 is 5.33. The molecule has 0 spiro atoms. The second-order valence-corrected chi connectivity index (χ2v) is 5.83. The predicted octanol–water partition coefficient (Wildman–Crippen LogP) is 2.42. The third-order valence-corrected chi connectivity index (χ3v) is 3.98. The SMILES string of the molecule is Cc1nnc(Sc2nc(N)nc3sc(C)cc23)o1. The maximum Gasteiger partial charge on any atom is 0.282 e. The Hall–Kier alpha value is -1.67. The van der Waals surface area contributed by atoms with E-state index < -0.39 is 0 Å². The number of hydrogen-bond donors (Lipinski definition) is 1. The van der Waals surface area contributed by atoms with Crippen LogP contribution in [0.4, 0.5) is 5.95 Å². The molecule has 0 saturated heterocycles. The molecule has 0 radical (unpaired) electrons. The Balaban J connectivity index is 2.10. The van der Waals surface area contributed by atoms with Crippen molar-refractivity contribution in [1.29, 1.82) is 0 Å². The highest BCUT2D eigenvalue weighted by Gasteiger charge is 2.13. The molecule has 8 heteroatoms. The van der Waals surface area contributed by atoms with Gasteiger partial charge >= 0.3 is 0 Å². The number of aryl methyl sites for hydroxylation is 2. The van der Waals surface area contributed by atoms with E-state index >= 15 is 0 Å². The Morgan fingerprint density at radius 3 is 2.83 bits per heavy atom. The molecule has 3 heterocycles. The normalized spacial score (nSPS) is 11.2. The van der Waals surface area contributed by atoms with Gasteiger partial charge in [-0.2, -0.15) is 0 Å². The summed E-state index contributed by atoms with van der Waals surface area (Å²) in [5.74, 6) is 0.778. The first-order chi connectivity index (χ1) is 8.61. The van der Waals surface area contributed by atoms with E-state index in [1.807, 2.05) is 13.0 Å². The average Bonchev–Trinajstić information content (AvgIpc) is 2.84. The van der Waals surface area contributed by atoms with Gasteiger partial charge in [-0.25, -0.2) is 9.97 Å². The van der Waals surface area contributed by atoms with Gasteiger partial charge in [-0.3, -0.25) is 0 Å². The molecule has 0 aliphatic heterocycles. The maximum absolute atomic E-state index is 5.70.